The topological polar surface area (TPSA) is 72.2 Å². The van der Waals surface area contributed by atoms with Crippen molar-refractivity contribution >= 4 is 23.2 Å². The number of carbonyl (C=O) groups excluding carboxylic acids is 1. The van der Waals surface area contributed by atoms with Gasteiger partial charge in [-0.2, -0.15) is 0 Å². The van der Waals surface area contributed by atoms with E-state index in [0.29, 0.717) is 17.4 Å². The quantitative estimate of drug-likeness (QED) is 0.525. The fraction of sp³-hybridized carbons (Fsp3) is 0.533. The third-order valence-corrected chi connectivity index (χ3v) is 4.56. The molecule has 1 amide bonds. The van der Waals surface area contributed by atoms with E-state index in [1.165, 1.54) is 18.2 Å². The van der Waals surface area contributed by atoms with Gasteiger partial charge in [0.25, 0.3) is 11.6 Å². The van der Waals surface area contributed by atoms with Crippen molar-refractivity contribution in [3.63, 3.8) is 0 Å². The molecular weight excluding hydrogens is 292 g/mol. The number of carbonyl (C=O) groups is 1. The Morgan fingerprint density at radius 2 is 2.33 bits per heavy atom. The highest BCUT2D eigenvalue weighted by Gasteiger charge is 2.35. The number of benzene rings is 1. The fourth-order valence-electron chi connectivity index (χ4n) is 3.00. The van der Waals surface area contributed by atoms with Crippen LogP contribution in [0.1, 0.15) is 43.0 Å². The molecule has 21 heavy (non-hydrogen) atoms. The zero-order chi connectivity index (χ0) is 15.5. The zero-order valence-corrected chi connectivity index (χ0v) is 12.7. The van der Waals surface area contributed by atoms with Crippen LogP contribution in [0.2, 0.25) is 0 Å². The van der Waals surface area contributed by atoms with Crippen LogP contribution in [0.3, 0.4) is 0 Å². The van der Waals surface area contributed by atoms with Crippen LogP contribution >= 0.6 is 11.6 Å². The number of nitro groups is 1. The number of hydrogen-bond donors (Lipinski definition) is 1. The molecule has 0 aromatic heterocycles. The van der Waals surface area contributed by atoms with Crippen molar-refractivity contribution in [1.82, 2.24) is 5.32 Å². The average Bonchev–Trinajstić information content (AvgIpc) is 2.47. The number of nitrogens with zero attached hydrogens (tertiary/aromatic N) is 1. The lowest BCUT2D eigenvalue weighted by Crippen LogP contribution is -2.52. The second-order valence-electron chi connectivity index (χ2n) is 5.88. The maximum Gasteiger partial charge on any atom is 0.270 e. The minimum atomic E-state index is -0.503. The third-order valence-electron chi connectivity index (χ3n) is 4.05. The first-order chi connectivity index (χ1) is 9.96. The Labute approximate surface area is 128 Å². The Kier molecular flexibility index (Phi) is 4.83. The summed E-state index contributed by atoms with van der Waals surface area (Å²) < 4.78 is 0. The molecule has 0 aliphatic heterocycles. The Hall–Kier alpha value is -1.62. The summed E-state index contributed by atoms with van der Waals surface area (Å²) in [5.74, 6) is 0.578. The Bertz CT molecular complexity index is 549. The molecular formula is C15H19ClN2O3. The smallest absolute Gasteiger partial charge is 0.270 e. The van der Waals surface area contributed by atoms with E-state index >= 15 is 0 Å². The molecule has 0 saturated heterocycles. The van der Waals surface area contributed by atoms with Crippen molar-refractivity contribution in [2.75, 3.05) is 5.88 Å². The van der Waals surface area contributed by atoms with Crippen LogP contribution in [0.4, 0.5) is 5.69 Å². The summed E-state index contributed by atoms with van der Waals surface area (Å²) >= 11 is 6.09. The van der Waals surface area contributed by atoms with Gasteiger partial charge in [0, 0.05) is 23.6 Å². The first-order valence-corrected chi connectivity index (χ1v) is 7.62. The van der Waals surface area contributed by atoms with E-state index < -0.39 is 10.5 Å². The predicted molar refractivity (Wildman–Crippen MR) is 81.6 cm³/mol. The zero-order valence-electron chi connectivity index (χ0n) is 12.0. The van der Waals surface area contributed by atoms with Gasteiger partial charge in [0.15, 0.2) is 0 Å². The summed E-state index contributed by atoms with van der Waals surface area (Å²) in [5, 5.41) is 13.8. The number of alkyl halides is 1. The van der Waals surface area contributed by atoms with Gasteiger partial charge in [0.2, 0.25) is 0 Å². The van der Waals surface area contributed by atoms with Gasteiger partial charge in [-0.3, -0.25) is 14.9 Å². The van der Waals surface area contributed by atoms with E-state index in [-0.39, 0.29) is 11.6 Å². The lowest BCUT2D eigenvalue weighted by molar-refractivity contribution is -0.384. The van der Waals surface area contributed by atoms with Gasteiger partial charge in [-0.25, -0.2) is 0 Å². The number of nitro benzene ring substituents is 1. The van der Waals surface area contributed by atoms with E-state index in [9.17, 15) is 14.9 Å². The molecule has 5 nitrogen and oxygen atoms in total. The highest BCUT2D eigenvalue weighted by molar-refractivity contribution is 6.19. The second kappa shape index (κ2) is 6.43. The molecule has 6 heteroatoms. The molecule has 1 aromatic carbocycles. The van der Waals surface area contributed by atoms with Crippen LogP contribution in [0.5, 0.6) is 0 Å². The Balaban J connectivity index is 2.16. The summed E-state index contributed by atoms with van der Waals surface area (Å²) in [6.45, 7) is 2.15. The molecule has 0 radical (unpaired) electrons. The maximum absolute atomic E-state index is 12.4. The number of rotatable bonds is 4. The summed E-state index contributed by atoms with van der Waals surface area (Å²) in [4.78, 5) is 22.6. The SMILES string of the molecule is CC1CCCC(CCl)(NC(=O)c2cccc([N+](=O)[O-])c2)C1. The molecule has 2 rings (SSSR count). The van der Waals surface area contributed by atoms with Crippen LogP contribution in [0.25, 0.3) is 0 Å². The van der Waals surface area contributed by atoms with Crippen molar-refractivity contribution in [2.45, 2.75) is 38.1 Å². The lowest BCUT2D eigenvalue weighted by atomic mass is 9.77. The number of non-ortho nitro benzene ring substituents is 1. The van der Waals surface area contributed by atoms with Crippen LogP contribution in [-0.4, -0.2) is 22.2 Å². The molecule has 1 N–H and O–H groups in total. The van der Waals surface area contributed by atoms with E-state index in [1.54, 1.807) is 6.07 Å². The van der Waals surface area contributed by atoms with Gasteiger partial charge in [0.1, 0.15) is 0 Å². The van der Waals surface area contributed by atoms with Crippen molar-refractivity contribution < 1.29 is 9.72 Å². The molecule has 2 unspecified atom stereocenters. The summed E-state index contributed by atoms with van der Waals surface area (Å²) in [5.41, 5.74) is -0.188. The van der Waals surface area contributed by atoms with E-state index in [4.69, 9.17) is 11.6 Å². The number of amides is 1. The van der Waals surface area contributed by atoms with E-state index in [0.717, 1.165) is 25.7 Å². The first-order valence-electron chi connectivity index (χ1n) is 7.09. The molecule has 0 spiro atoms. The summed E-state index contributed by atoms with van der Waals surface area (Å²) in [6, 6.07) is 5.76. The van der Waals surface area contributed by atoms with Crippen LogP contribution in [0.15, 0.2) is 24.3 Å². The molecule has 114 valence electrons. The molecule has 1 aliphatic rings. The van der Waals surface area contributed by atoms with Gasteiger partial charge in [0.05, 0.1) is 10.5 Å². The number of nitrogens with one attached hydrogen (secondary N) is 1. The van der Waals surface area contributed by atoms with Gasteiger partial charge in [-0.05, 0) is 24.8 Å². The average molecular weight is 311 g/mol. The lowest BCUT2D eigenvalue weighted by Gasteiger charge is -2.39. The van der Waals surface area contributed by atoms with Gasteiger partial charge < -0.3 is 5.32 Å². The van der Waals surface area contributed by atoms with E-state index in [2.05, 4.69) is 12.2 Å². The van der Waals surface area contributed by atoms with Crippen LogP contribution < -0.4 is 5.32 Å². The number of hydrogen-bond acceptors (Lipinski definition) is 3. The molecule has 1 aliphatic carbocycles. The van der Waals surface area contributed by atoms with Gasteiger partial charge in [-0.1, -0.05) is 25.8 Å². The van der Waals surface area contributed by atoms with Gasteiger partial charge in [-0.15, -0.1) is 11.6 Å². The monoisotopic (exact) mass is 310 g/mol. The maximum atomic E-state index is 12.4. The second-order valence-corrected chi connectivity index (χ2v) is 6.14. The van der Waals surface area contributed by atoms with Crippen molar-refractivity contribution in [3.05, 3.63) is 39.9 Å². The van der Waals surface area contributed by atoms with Crippen molar-refractivity contribution in [3.8, 4) is 0 Å². The first kappa shape index (κ1) is 15.8. The Morgan fingerprint density at radius 3 is 2.95 bits per heavy atom. The van der Waals surface area contributed by atoms with Gasteiger partial charge >= 0.3 is 0 Å². The van der Waals surface area contributed by atoms with Crippen molar-refractivity contribution in [2.24, 2.45) is 5.92 Å². The minimum absolute atomic E-state index is 0.0837. The predicted octanol–water partition coefficient (Wildman–Crippen LogP) is 3.51. The molecule has 1 fully saturated rings. The largest absolute Gasteiger partial charge is 0.345 e. The molecule has 1 saturated carbocycles. The molecule has 1 aromatic rings. The Morgan fingerprint density at radius 1 is 1.57 bits per heavy atom. The third kappa shape index (κ3) is 3.73. The minimum Gasteiger partial charge on any atom is -0.345 e. The molecule has 0 heterocycles. The molecule has 0 bridgehead atoms. The normalized spacial score (nSPS) is 25.3. The highest BCUT2D eigenvalue weighted by atomic mass is 35.5. The highest BCUT2D eigenvalue weighted by Crippen LogP contribution is 2.33. The van der Waals surface area contributed by atoms with Crippen LogP contribution in [0, 0.1) is 16.0 Å². The van der Waals surface area contributed by atoms with Crippen molar-refractivity contribution in [1.29, 1.82) is 0 Å². The van der Waals surface area contributed by atoms with E-state index in [1.807, 2.05) is 0 Å². The summed E-state index contributed by atoms with van der Waals surface area (Å²) in [7, 11) is 0. The fourth-order valence-corrected chi connectivity index (χ4v) is 3.31. The number of halogens is 1. The standard InChI is InChI=1S/C15H19ClN2O3/c1-11-4-3-7-15(9-11,10-16)17-14(19)12-5-2-6-13(8-12)18(20)21/h2,5-6,8,11H,3-4,7,9-10H2,1H3,(H,17,19). The summed E-state index contributed by atoms with van der Waals surface area (Å²) in [6.07, 6.45) is 3.87. The molecule has 2 atom stereocenters. The van der Waals surface area contributed by atoms with Crippen LogP contribution in [-0.2, 0) is 0 Å².